The molecule has 1 aliphatic heterocycles. The molecule has 2 rings (SSSR count). The third kappa shape index (κ3) is 3.50. The second-order valence-corrected chi connectivity index (χ2v) is 5.07. The first kappa shape index (κ1) is 13.9. The van der Waals surface area contributed by atoms with Gasteiger partial charge in [-0.3, -0.25) is 4.79 Å². The molecule has 1 aromatic heterocycles. The molecule has 1 unspecified atom stereocenters. The van der Waals surface area contributed by atoms with Crippen LogP contribution in [0.25, 0.3) is 0 Å². The number of carbonyl (C=O) groups is 1. The minimum absolute atomic E-state index is 0.0745. The summed E-state index contributed by atoms with van der Waals surface area (Å²) < 4.78 is 5.21. The van der Waals surface area contributed by atoms with E-state index in [9.17, 15) is 4.79 Å². The minimum Gasteiger partial charge on any atom is -0.384 e. The van der Waals surface area contributed by atoms with E-state index in [0.29, 0.717) is 17.2 Å². The van der Waals surface area contributed by atoms with Crippen molar-refractivity contribution in [1.82, 2.24) is 15.1 Å². The molecule has 0 N–H and O–H groups in total. The number of amides is 1. The normalized spacial score (nSPS) is 20.1. The molecule has 1 fully saturated rings. The Bertz CT molecular complexity index is 436. The summed E-state index contributed by atoms with van der Waals surface area (Å²) in [5.74, 6) is 0.643. The van der Waals surface area contributed by atoms with E-state index in [0.717, 1.165) is 39.0 Å². The standard InChI is InChI=1S/C14H21N3O2/c1-11-13(5-7-15-16-11)14(18)17-8-3-4-12(6-9-17)10-19-2/h5,7,12H,3-4,6,8-10H2,1-2H3. The molecular weight excluding hydrogens is 242 g/mol. The molecule has 19 heavy (non-hydrogen) atoms. The molecule has 0 saturated carbocycles. The first-order valence-electron chi connectivity index (χ1n) is 6.79. The second-order valence-electron chi connectivity index (χ2n) is 5.07. The summed E-state index contributed by atoms with van der Waals surface area (Å²) >= 11 is 0. The lowest BCUT2D eigenvalue weighted by Gasteiger charge is -2.21. The average Bonchev–Trinajstić information content (AvgIpc) is 2.65. The van der Waals surface area contributed by atoms with E-state index in [1.54, 1.807) is 19.4 Å². The van der Waals surface area contributed by atoms with Gasteiger partial charge in [-0.2, -0.15) is 10.2 Å². The van der Waals surface area contributed by atoms with E-state index in [1.165, 1.54) is 0 Å². The zero-order chi connectivity index (χ0) is 13.7. The van der Waals surface area contributed by atoms with Crippen LogP contribution in [0.15, 0.2) is 12.3 Å². The van der Waals surface area contributed by atoms with Gasteiger partial charge in [0.1, 0.15) is 0 Å². The molecule has 0 bridgehead atoms. The maximum Gasteiger partial charge on any atom is 0.255 e. The largest absolute Gasteiger partial charge is 0.384 e. The fraction of sp³-hybridized carbons (Fsp3) is 0.643. The Labute approximate surface area is 114 Å². The minimum atomic E-state index is 0.0745. The molecule has 1 atom stereocenters. The number of hydrogen-bond donors (Lipinski definition) is 0. The summed E-state index contributed by atoms with van der Waals surface area (Å²) in [5.41, 5.74) is 1.37. The monoisotopic (exact) mass is 263 g/mol. The molecule has 0 aromatic carbocycles. The third-order valence-electron chi connectivity index (χ3n) is 3.67. The van der Waals surface area contributed by atoms with Crippen LogP contribution in [0.2, 0.25) is 0 Å². The SMILES string of the molecule is COCC1CCCN(C(=O)c2ccnnc2C)CC1. The lowest BCUT2D eigenvalue weighted by molar-refractivity contribution is 0.0754. The number of carbonyl (C=O) groups excluding carboxylic acids is 1. The number of methoxy groups -OCH3 is 1. The lowest BCUT2D eigenvalue weighted by atomic mass is 10.0. The van der Waals surface area contributed by atoms with Gasteiger partial charge in [-0.05, 0) is 38.2 Å². The predicted octanol–water partition coefficient (Wildman–Crippen LogP) is 1.67. The third-order valence-corrected chi connectivity index (χ3v) is 3.67. The van der Waals surface area contributed by atoms with Crippen molar-refractivity contribution in [2.45, 2.75) is 26.2 Å². The highest BCUT2D eigenvalue weighted by molar-refractivity contribution is 5.95. The molecule has 104 valence electrons. The second kappa shape index (κ2) is 6.61. The molecule has 2 heterocycles. The smallest absolute Gasteiger partial charge is 0.255 e. The number of ether oxygens (including phenoxy) is 1. The fourth-order valence-electron chi connectivity index (χ4n) is 2.57. The summed E-state index contributed by atoms with van der Waals surface area (Å²) in [6, 6.07) is 1.75. The Balaban J connectivity index is 2.02. The van der Waals surface area contributed by atoms with Gasteiger partial charge in [0.05, 0.1) is 17.5 Å². The van der Waals surface area contributed by atoms with Crippen molar-refractivity contribution in [3.63, 3.8) is 0 Å². The quantitative estimate of drug-likeness (QED) is 0.832. The summed E-state index contributed by atoms with van der Waals surface area (Å²) in [6.45, 7) is 4.24. The molecule has 0 spiro atoms. The number of aromatic nitrogens is 2. The molecule has 1 saturated heterocycles. The van der Waals surface area contributed by atoms with Gasteiger partial charge in [0.25, 0.3) is 5.91 Å². The van der Waals surface area contributed by atoms with Crippen molar-refractivity contribution in [2.24, 2.45) is 5.92 Å². The molecule has 1 aromatic rings. The summed E-state index contributed by atoms with van der Waals surface area (Å²) in [6.07, 6.45) is 4.76. The Hall–Kier alpha value is -1.49. The molecule has 5 nitrogen and oxygen atoms in total. The van der Waals surface area contributed by atoms with E-state index in [4.69, 9.17) is 4.74 Å². The van der Waals surface area contributed by atoms with Crippen molar-refractivity contribution >= 4 is 5.91 Å². The van der Waals surface area contributed by atoms with Gasteiger partial charge in [0.2, 0.25) is 0 Å². The number of likely N-dealkylation sites (tertiary alicyclic amines) is 1. The van der Waals surface area contributed by atoms with Crippen LogP contribution in [0.4, 0.5) is 0 Å². The van der Waals surface area contributed by atoms with Crippen LogP contribution < -0.4 is 0 Å². The number of nitrogens with zero attached hydrogens (tertiary/aromatic N) is 3. The van der Waals surface area contributed by atoms with E-state index in [2.05, 4.69) is 10.2 Å². The van der Waals surface area contributed by atoms with Crippen LogP contribution in [0.1, 0.15) is 35.3 Å². The van der Waals surface area contributed by atoms with Gasteiger partial charge >= 0.3 is 0 Å². The van der Waals surface area contributed by atoms with Crippen molar-refractivity contribution in [1.29, 1.82) is 0 Å². The van der Waals surface area contributed by atoms with Gasteiger partial charge in [-0.15, -0.1) is 0 Å². The Morgan fingerprint density at radius 3 is 3.05 bits per heavy atom. The lowest BCUT2D eigenvalue weighted by Crippen LogP contribution is -2.32. The van der Waals surface area contributed by atoms with Crippen LogP contribution in [0, 0.1) is 12.8 Å². The van der Waals surface area contributed by atoms with Gasteiger partial charge in [-0.1, -0.05) is 0 Å². The van der Waals surface area contributed by atoms with Crippen LogP contribution >= 0.6 is 0 Å². The van der Waals surface area contributed by atoms with Crippen LogP contribution in [-0.4, -0.2) is 47.8 Å². The van der Waals surface area contributed by atoms with Crippen LogP contribution in [0.3, 0.4) is 0 Å². The molecular formula is C14H21N3O2. The van der Waals surface area contributed by atoms with E-state index < -0.39 is 0 Å². The van der Waals surface area contributed by atoms with Crippen molar-refractivity contribution < 1.29 is 9.53 Å². The maximum atomic E-state index is 12.5. The summed E-state index contributed by atoms with van der Waals surface area (Å²) in [7, 11) is 1.74. The highest BCUT2D eigenvalue weighted by Crippen LogP contribution is 2.19. The van der Waals surface area contributed by atoms with Gasteiger partial charge in [0, 0.05) is 26.8 Å². The zero-order valence-electron chi connectivity index (χ0n) is 11.6. The first-order chi connectivity index (χ1) is 9.22. The Kier molecular flexibility index (Phi) is 4.85. The van der Waals surface area contributed by atoms with Crippen molar-refractivity contribution in [3.05, 3.63) is 23.5 Å². The molecule has 1 amide bonds. The van der Waals surface area contributed by atoms with Gasteiger partial charge in [0.15, 0.2) is 0 Å². The molecule has 5 heteroatoms. The molecule has 0 aliphatic carbocycles. The number of aryl methyl sites for hydroxylation is 1. The van der Waals surface area contributed by atoms with E-state index in [1.807, 2.05) is 11.8 Å². The van der Waals surface area contributed by atoms with Crippen LogP contribution in [0.5, 0.6) is 0 Å². The van der Waals surface area contributed by atoms with E-state index in [-0.39, 0.29) is 5.91 Å². The average molecular weight is 263 g/mol. The Morgan fingerprint density at radius 1 is 1.47 bits per heavy atom. The highest BCUT2D eigenvalue weighted by atomic mass is 16.5. The van der Waals surface area contributed by atoms with Crippen molar-refractivity contribution in [2.75, 3.05) is 26.8 Å². The van der Waals surface area contributed by atoms with Gasteiger partial charge < -0.3 is 9.64 Å². The zero-order valence-corrected chi connectivity index (χ0v) is 11.6. The highest BCUT2D eigenvalue weighted by Gasteiger charge is 2.22. The maximum absolute atomic E-state index is 12.5. The molecule has 0 radical (unpaired) electrons. The van der Waals surface area contributed by atoms with Crippen LogP contribution in [-0.2, 0) is 4.74 Å². The number of rotatable bonds is 3. The first-order valence-corrected chi connectivity index (χ1v) is 6.79. The van der Waals surface area contributed by atoms with Crippen molar-refractivity contribution in [3.8, 4) is 0 Å². The summed E-state index contributed by atoms with van der Waals surface area (Å²) in [5, 5.41) is 7.74. The Morgan fingerprint density at radius 2 is 2.32 bits per heavy atom. The molecule has 1 aliphatic rings. The fourth-order valence-corrected chi connectivity index (χ4v) is 2.57. The van der Waals surface area contributed by atoms with Gasteiger partial charge in [-0.25, -0.2) is 0 Å². The van der Waals surface area contributed by atoms with E-state index >= 15 is 0 Å². The number of hydrogen-bond acceptors (Lipinski definition) is 4. The predicted molar refractivity (Wildman–Crippen MR) is 71.9 cm³/mol. The topological polar surface area (TPSA) is 55.3 Å². The summed E-state index contributed by atoms with van der Waals surface area (Å²) in [4.78, 5) is 14.4.